The molecule has 8 unspecified atom stereocenters. The van der Waals surface area contributed by atoms with Gasteiger partial charge in [-0.15, -0.1) is 0 Å². The predicted molar refractivity (Wildman–Crippen MR) is 128 cm³/mol. The Balaban J connectivity index is 1.51. The van der Waals surface area contributed by atoms with Crippen molar-refractivity contribution in [1.82, 2.24) is 0 Å². The summed E-state index contributed by atoms with van der Waals surface area (Å²) in [5, 5.41) is 10.2. The highest BCUT2D eigenvalue weighted by molar-refractivity contribution is 5.39. The Labute approximate surface area is 186 Å². The topological polar surface area (TPSA) is 20.2 Å². The minimum absolute atomic E-state index is 0.107. The summed E-state index contributed by atoms with van der Waals surface area (Å²) in [5.41, 5.74) is 4.07. The Morgan fingerprint density at radius 3 is 2.53 bits per heavy atom. The minimum Gasteiger partial charge on any atom is -0.393 e. The van der Waals surface area contributed by atoms with Gasteiger partial charge in [0, 0.05) is 5.41 Å². The summed E-state index contributed by atoms with van der Waals surface area (Å²) in [6.45, 7) is 14.9. The first kappa shape index (κ1) is 22.6. The summed E-state index contributed by atoms with van der Waals surface area (Å²) in [4.78, 5) is 0. The molecular formula is C29H48O. The van der Waals surface area contributed by atoms with Gasteiger partial charge in [0.05, 0.1) is 6.10 Å². The maximum Gasteiger partial charge on any atom is 0.0578 e. The highest BCUT2D eigenvalue weighted by Crippen LogP contribution is 2.65. The van der Waals surface area contributed by atoms with E-state index in [1.54, 1.807) is 11.1 Å². The molecule has 8 atom stereocenters. The van der Waals surface area contributed by atoms with E-state index in [0.717, 1.165) is 54.8 Å². The van der Waals surface area contributed by atoms with Crippen LogP contribution in [0.2, 0.25) is 0 Å². The van der Waals surface area contributed by atoms with Gasteiger partial charge in [0.2, 0.25) is 0 Å². The lowest BCUT2D eigenvalue weighted by Crippen LogP contribution is -2.45. The van der Waals surface area contributed by atoms with Gasteiger partial charge in [-0.25, -0.2) is 0 Å². The molecule has 0 amide bonds. The Morgan fingerprint density at radius 1 is 1.07 bits per heavy atom. The second-order valence-corrected chi connectivity index (χ2v) is 12.4. The van der Waals surface area contributed by atoms with Crippen LogP contribution in [0.15, 0.2) is 23.3 Å². The lowest BCUT2D eigenvalue weighted by Gasteiger charge is -2.54. The molecule has 0 heterocycles. The summed E-state index contributed by atoms with van der Waals surface area (Å²) in [5.74, 6) is 5.13. The molecular weight excluding hydrogens is 364 g/mol. The SMILES string of the molecule is CCC(CCC(C)C1CCC2C3CC=C4CC(O)CCC4(C)C3=CCC12C)C(C)C. The fourth-order valence-corrected chi connectivity index (χ4v) is 8.61. The molecule has 0 spiro atoms. The van der Waals surface area contributed by atoms with Gasteiger partial charge in [0.25, 0.3) is 0 Å². The molecule has 4 aliphatic rings. The molecule has 1 nitrogen and oxygen atoms in total. The average molecular weight is 413 g/mol. The monoisotopic (exact) mass is 412 g/mol. The number of allylic oxidation sites excluding steroid dienone is 3. The van der Waals surface area contributed by atoms with E-state index in [-0.39, 0.29) is 11.5 Å². The Kier molecular flexibility index (Phi) is 6.35. The summed E-state index contributed by atoms with van der Waals surface area (Å²) >= 11 is 0. The van der Waals surface area contributed by atoms with Crippen LogP contribution in [-0.2, 0) is 0 Å². The standard InChI is InChI=1S/C29H48O/c1-7-21(19(2)3)9-8-20(4)25-12-13-26-24-11-10-22-18-23(30)14-16-28(22,5)27(24)15-17-29(25,26)6/h10,15,19-21,23-26,30H,7-9,11-14,16-18H2,1-6H3. The van der Waals surface area contributed by atoms with Crippen molar-refractivity contribution < 1.29 is 5.11 Å². The third kappa shape index (κ3) is 3.66. The second kappa shape index (κ2) is 8.42. The molecule has 1 heteroatoms. The fourth-order valence-electron chi connectivity index (χ4n) is 8.61. The molecule has 0 saturated heterocycles. The minimum atomic E-state index is -0.107. The first-order valence-corrected chi connectivity index (χ1v) is 13.3. The second-order valence-electron chi connectivity index (χ2n) is 12.4. The number of aliphatic hydroxyl groups excluding tert-OH is 1. The van der Waals surface area contributed by atoms with E-state index in [1.807, 2.05) is 0 Å². The van der Waals surface area contributed by atoms with Gasteiger partial charge in [-0.2, -0.15) is 0 Å². The quantitative estimate of drug-likeness (QED) is 0.439. The van der Waals surface area contributed by atoms with Crippen molar-refractivity contribution in [2.75, 3.05) is 0 Å². The molecule has 0 radical (unpaired) electrons. The zero-order valence-corrected chi connectivity index (χ0v) is 20.7. The largest absolute Gasteiger partial charge is 0.393 e. The Bertz CT molecular complexity index is 686. The number of hydrogen-bond donors (Lipinski definition) is 1. The van der Waals surface area contributed by atoms with Crippen molar-refractivity contribution in [3.8, 4) is 0 Å². The van der Waals surface area contributed by atoms with Crippen LogP contribution in [0.25, 0.3) is 0 Å². The summed E-state index contributed by atoms with van der Waals surface area (Å²) in [6.07, 6.45) is 17.8. The highest BCUT2D eigenvalue weighted by atomic mass is 16.3. The molecule has 0 aromatic carbocycles. The summed E-state index contributed by atoms with van der Waals surface area (Å²) in [7, 11) is 0. The van der Waals surface area contributed by atoms with E-state index in [9.17, 15) is 5.11 Å². The zero-order chi connectivity index (χ0) is 21.7. The van der Waals surface area contributed by atoms with Gasteiger partial charge in [-0.3, -0.25) is 0 Å². The molecule has 0 aromatic rings. The Morgan fingerprint density at radius 2 is 1.83 bits per heavy atom. The van der Waals surface area contributed by atoms with E-state index in [1.165, 1.54) is 44.9 Å². The molecule has 1 N–H and O–H groups in total. The summed E-state index contributed by atoms with van der Waals surface area (Å²) < 4.78 is 0. The van der Waals surface area contributed by atoms with Crippen molar-refractivity contribution in [3.05, 3.63) is 23.3 Å². The first-order chi connectivity index (χ1) is 14.2. The van der Waals surface area contributed by atoms with Gasteiger partial charge in [-0.05, 0) is 92.3 Å². The van der Waals surface area contributed by atoms with Gasteiger partial charge in [-0.1, -0.05) is 77.7 Å². The van der Waals surface area contributed by atoms with Crippen molar-refractivity contribution in [3.63, 3.8) is 0 Å². The first-order valence-electron chi connectivity index (χ1n) is 13.3. The van der Waals surface area contributed by atoms with E-state index >= 15 is 0 Å². The van der Waals surface area contributed by atoms with Gasteiger partial charge < -0.3 is 5.11 Å². The van der Waals surface area contributed by atoms with E-state index in [2.05, 4.69) is 53.7 Å². The molecule has 0 aromatic heterocycles. The van der Waals surface area contributed by atoms with Gasteiger partial charge in [0.15, 0.2) is 0 Å². The molecule has 0 aliphatic heterocycles. The number of hydrogen-bond acceptors (Lipinski definition) is 1. The molecule has 4 rings (SSSR count). The van der Waals surface area contributed by atoms with Crippen LogP contribution in [0, 0.1) is 46.3 Å². The van der Waals surface area contributed by atoms with Crippen molar-refractivity contribution in [2.45, 2.75) is 112 Å². The molecule has 0 bridgehead atoms. The number of rotatable bonds is 6. The van der Waals surface area contributed by atoms with Crippen LogP contribution in [0.4, 0.5) is 0 Å². The van der Waals surface area contributed by atoms with Gasteiger partial charge in [0.1, 0.15) is 0 Å². The van der Waals surface area contributed by atoms with Crippen molar-refractivity contribution in [1.29, 1.82) is 0 Å². The zero-order valence-electron chi connectivity index (χ0n) is 20.7. The van der Waals surface area contributed by atoms with Crippen LogP contribution < -0.4 is 0 Å². The van der Waals surface area contributed by atoms with E-state index in [4.69, 9.17) is 0 Å². The third-order valence-electron chi connectivity index (χ3n) is 10.7. The molecule has 2 fully saturated rings. The van der Waals surface area contributed by atoms with Crippen molar-refractivity contribution >= 4 is 0 Å². The number of fused-ring (bicyclic) bond motifs is 5. The maximum absolute atomic E-state index is 10.2. The van der Waals surface area contributed by atoms with E-state index < -0.39 is 0 Å². The maximum atomic E-state index is 10.2. The average Bonchev–Trinajstić information content (AvgIpc) is 3.06. The lowest BCUT2D eigenvalue weighted by molar-refractivity contribution is 0.0559. The van der Waals surface area contributed by atoms with E-state index in [0.29, 0.717) is 5.41 Å². The molecule has 170 valence electrons. The van der Waals surface area contributed by atoms with Crippen LogP contribution in [0.5, 0.6) is 0 Å². The smallest absolute Gasteiger partial charge is 0.0578 e. The van der Waals surface area contributed by atoms with Crippen molar-refractivity contribution in [2.24, 2.45) is 46.3 Å². The lowest BCUT2D eigenvalue weighted by atomic mass is 9.51. The normalized spacial score (nSPS) is 42.7. The summed E-state index contributed by atoms with van der Waals surface area (Å²) in [6, 6.07) is 0. The van der Waals surface area contributed by atoms with Crippen LogP contribution >= 0.6 is 0 Å². The van der Waals surface area contributed by atoms with Crippen LogP contribution in [-0.4, -0.2) is 11.2 Å². The molecule has 2 saturated carbocycles. The predicted octanol–water partition coefficient (Wildman–Crippen LogP) is 7.94. The fraction of sp³-hybridized carbons (Fsp3) is 0.862. The molecule has 4 aliphatic carbocycles. The highest BCUT2D eigenvalue weighted by Gasteiger charge is 2.56. The number of aliphatic hydroxyl groups is 1. The Hall–Kier alpha value is -0.560. The van der Waals surface area contributed by atoms with Gasteiger partial charge >= 0.3 is 0 Å². The van der Waals surface area contributed by atoms with Crippen LogP contribution in [0.1, 0.15) is 106 Å². The van der Waals surface area contributed by atoms with Crippen LogP contribution in [0.3, 0.4) is 0 Å². The third-order valence-corrected chi connectivity index (χ3v) is 10.7. The molecule has 30 heavy (non-hydrogen) atoms.